The molecule has 2 saturated heterocycles. The zero-order valence-corrected chi connectivity index (χ0v) is 16.1. The van der Waals surface area contributed by atoms with Gasteiger partial charge in [-0.3, -0.25) is 9.59 Å². The highest BCUT2D eigenvalue weighted by Gasteiger charge is 2.32. The largest absolute Gasteiger partial charge is 0.466 e. The number of nitrogens with zero attached hydrogens (tertiary/aromatic N) is 1. The highest BCUT2D eigenvalue weighted by molar-refractivity contribution is 8.13. The summed E-state index contributed by atoms with van der Waals surface area (Å²) in [7, 11) is 0. The molecule has 1 unspecified atom stereocenters. The zero-order chi connectivity index (χ0) is 17.9. The van der Waals surface area contributed by atoms with Gasteiger partial charge in [-0.05, 0) is 39.0 Å². The molecular formula is C18H31NO5S. The van der Waals surface area contributed by atoms with Crippen LogP contribution in [0.5, 0.6) is 0 Å². The topological polar surface area (TPSA) is 65.1 Å². The van der Waals surface area contributed by atoms with Crippen molar-refractivity contribution in [2.45, 2.75) is 70.6 Å². The fourth-order valence-electron chi connectivity index (χ4n) is 3.10. The fraction of sp³-hybridized carbons (Fsp3) is 0.889. The smallest absolute Gasteiger partial charge is 0.305 e. The van der Waals surface area contributed by atoms with Crippen molar-refractivity contribution < 1.29 is 23.8 Å². The van der Waals surface area contributed by atoms with Gasteiger partial charge in [-0.1, -0.05) is 24.6 Å². The van der Waals surface area contributed by atoms with Crippen LogP contribution in [0.4, 0.5) is 4.79 Å². The Kier molecular flexibility index (Phi) is 9.65. The zero-order valence-electron chi connectivity index (χ0n) is 15.2. The van der Waals surface area contributed by atoms with E-state index in [0.717, 1.165) is 63.9 Å². The number of esters is 1. The Labute approximate surface area is 154 Å². The second-order valence-corrected chi connectivity index (χ2v) is 7.49. The van der Waals surface area contributed by atoms with Crippen LogP contribution in [0.2, 0.25) is 0 Å². The predicted octanol–water partition coefficient (Wildman–Crippen LogP) is 3.58. The van der Waals surface area contributed by atoms with Gasteiger partial charge in [-0.25, -0.2) is 0 Å². The third kappa shape index (κ3) is 7.54. The minimum Gasteiger partial charge on any atom is -0.466 e. The van der Waals surface area contributed by atoms with Crippen LogP contribution in [-0.2, 0) is 19.0 Å². The standard InChI is InChI=1S/C18H31NO5S/c1-2-22-16(20)9-5-3-4-7-11-19-15(14-25-18(19)21)13-24-17-10-6-8-12-23-17/h15,17H,2-14H2,1H3/t15-,17?/m0/s1. The molecule has 0 radical (unpaired) electrons. The van der Waals surface area contributed by atoms with E-state index in [1.54, 1.807) is 0 Å². The molecule has 0 bridgehead atoms. The summed E-state index contributed by atoms with van der Waals surface area (Å²) in [4.78, 5) is 25.3. The van der Waals surface area contributed by atoms with Crippen molar-refractivity contribution in [1.82, 2.24) is 4.90 Å². The molecular weight excluding hydrogens is 342 g/mol. The first kappa shape index (κ1) is 20.5. The van der Waals surface area contributed by atoms with E-state index in [0.29, 0.717) is 19.6 Å². The number of thioether (sulfide) groups is 1. The number of ether oxygens (including phenoxy) is 3. The number of hydrogen-bond acceptors (Lipinski definition) is 6. The second kappa shape index (κ2) is 11.8. The monoisotopic (exact) mass is 373 g/mol. The molecule has 144 valence electrons. The molecule has 0 aliphatic carbocycles. The first-order valence-electron chi connectivity index (χ1n) is 9.53. The van der Waals surface area contributed by atoms with Gasteiger partial charge < -0.3 is 19.1 Å². The first-order chi connectivity index (χ1) is 12.2. The SMILES string of the molecule is CCOC(=O)CCCCCCN1C(=O)SC[C@@H]1COC1CCCCO1. The van der Waals surface area contributed by atoms with E-state index in [4.69, 9.17) is 14.2 Å². The Morgan fingerprint density at radius 2 is 2.12 bits per heavy atom. The van der Waals surface area contributed by atoms with Crippen molar-refractivity contribution in [3.05, 3.63) is 0 Å². The van der Waals surface area contributed by atoms with E-state index in [-0.39, 0.29) is 23.5 Å². The number of carbonyl (C=O) groups is 2. The van der Waals surface area contributed by atoms with Crippen LogP contribution >= 0.6 is 11.8 Å². The van der Waals surface area contributed by atoms with Crippen LogP contribution in [-0.4, -0.2) is 60.6 Å². The van der Waals surface area contributed by atoms with E-state index in [1.165, 1.54) is 11.8 Å². The Morgan fingerprint density at radius 3 is 2.88 bits per heavy atom. The van der Waals surface area contributed by atoms with Gasteiger partial charge in [0.1, 0.15) is 0 Å². The maximum atomic E-state index is 12.1. The average molecular weight is 374 g/mol. The summed E-state index contributed by atoms with van der Waals surface area (Å²) >= 11 is 1.38. The lowest BCUT2D eigenvalue weighted by Gasteiger charge is -2.27. The molecule has 2 fully saturated rings. The molecule has 7 heteroatoms. The number of carbonyl (C=O) groups excluding carboxylic acids is 2. The second-order valence-electron chi connectivity index (χ2n) is 6.52. The highest BCUT2D eigenvalue weighted by atomic mass is 32.2. The van der Waals surface area contributed by atoms with Crippen molar-refractivity contribution in [3.8, 4) is 0 Å². The van der Waals surface area contributed by atoms with Crippen LogP contribution in [0.3, 0.4) is 0 Å². The summed E-state index contributed by atoms with van der Waals surface area (Å²) in [5.74, 6) is 0.685. The predicted molar refractivity (Wildman–Crippen MR) is 97.6 cm³/mol. The minimum absolute atomic E-state index is 0.0980. The van der Waals surface area contributed by atoms with E-state index >= 15 is 0 Å². The van der Waals surface area contributed by atoms with Gasteiger partial charge in [0.25, 0.3) is 5.24 Å². The number of unbranched alkanes of at least 4 members (excludes halogenated alkanes) is 3. The highest BCUT2D eigenvalue weighted by Crippen LogP contribution is 2.26. The summed E-state index contributed by atoms with van der Waals surface area (Å²) < 4.78 is 16.4. The summed E-state index contributed by atoms with van der Waals surface area (Å²) in [5.41, 5.74) is 0. The average Bonchev–Trinajstić information content (AvgIpc) is 2.97. The molecule has 0 aromatic carbocycles. The molecule has 0 saturated carbocycles. The van der Waals surface area contributed by atoms with Crippen LogP contribution < -0.4 is 0 Å². The maximum Gasteiger partial charge on any atom is 0.305 e. The molecule has 0 spiro atoms. The van der Waals surface area contributed by atoms with Crippen LogP contribution in [0.1, 0.15) is 58.3 Å². The van der Waals surface area contributed by atoms with Crippen LogP contribution in [0.15, 0.2) is 0 Å². The van der Waals surface area contributed by atoms with E-state index in [9.17, 15) is 9.59 Å². The molecule has 1 amide bonds. The lowest BCUT2D eigenvalue weighted by molar-refractivity contribution is -0.167. The van der Waals surface area contributed by atoms with Gasteiger partial charge in [0, 0.05) is 25.3 Å². The third-order valence-corrected chi connectivity index (χ3v) is 5.56. The number of rotatable bonds is 11. The van der Waals surface area contributed by atoms with Gasteiger partial charge in [0.2, 0.25) is 0 Å². The summed E-state index contributed by atoms with van der Waals surface area (Å²) in [6, 6.07) is 0.155. The van der Waals surface area contributed by atoms with Crippen molar-refractivity contribution in [2.75, 3.05) is 32.1 Å². The molecule has 2 atom stereocenters. The van der Waals surface area contributed by atoms with Crippen molar-refractivity contribution in [3.63, 3.8) is 0 Å². The summed E-state index contributed by atoms with van der Waals surface area (Å²) in [5, 5.41) is 0.157. The molecule has 2 aliphatic heterocycles. The summed E-state index contributed by atoms with van der Waals surface area (Å²) in [6.07, 6.45) is 7.44. The minimum atomic E-state index is -0.115. The van der Waals surface area contributed by atoms with E-state index in [2.05, 4.69) is 0 Å². The maximum absolute atomic E-state index is 12.1. The molecule has 0 N–H and O–H groups in total. The molecule has 0 aromatic rings. The Balaban J connectivity index is 1.58. The molecule has 2 rings (SSSR count). The van der Waals surface area contributed by atoms with E-state index in [1.807, 2.05) is 11.8 Å². The number of hydrogen-bond donors (Lipinski definition) is 0. The quantitative estimate of drug-likeness (QED) is 0.407. The lowest BCUT2D eigenvalue weighted by Crippen LogP contribution is -2.39. The van der Waals surface area contributed by atoms with Gasteiger partial charge in [-0.15, -0.1) is 0 Å². The molecule has 0 aromatic heterocycles. The van der Waals surface area contributed by atoms with Gasteiger partial charge in [0.15, 0.2) is 6.29 Å². The van der Waals surface area contributed by atoms with E-state index < -0.39 is 0 Å². The fourth-order valence-corrected chi connectivity index (χ4v) is 4.12. The van der Waals surface area contributed by atoms with Gasteiger partial charge >= 0.3 is 5.97 Å². The Bertz CT molecular complexity index is 414. The molecule has 2 heterocycles. The first-order valence-corrected chi connectivity index (χ1v) is 10.5. The molecule has 2 aliphatic rings. The van der Waals surface area contributed by atoms with Crippen molar-refractivity contribution in [2.24, 2.45) is 0 Å². The third-order valence-electron chi connectivity index (χ3n) is 4.52. The molecule has 25 heavy (non-hydrogen) atoms. The van der Waals surface area contributed by atoms with Crippen LogP contribution in [0.25, 0.3) is 0 Å². The van der Waals surface area contributed by atoms with Crippen molar-refractivity contribution >= 4 is 23.0 Å². The molecule has 6 nitrogen and oxygen atoms in total. The lowest BCUT2D eigenvalue weighted by atomic mass is 10.1. The number of amides is 1. The Morgan fingerprint density at radius 1 is 1.28 bits per heavy atom. The van der Waals surface area contributed by atoms with Crippen LogP contribution in [0, 0.1) is 0 Å². The Hall–Kier alpha value is -0.790. The van der Waals surface area contributed by atoms with Gasteiger partial charge in [-0.2, -0.15) is 0 Å². The normalized spacial score (nSPS) is 23.9. The van der Waals surface area contributed by atoms with Gasteiger partial charge in [0.05, 0.1) is 19.3 Å². The van der Waals surface area contributed by atoms with Crippen molar-refractivity contribution in [1.29, 1.82) is 0 Å². The summed E-state index contributed by atoms with van der Waals surface area (Å²) in [6.45, 7) is 4.38.